The molecule has 3 rings (SSSR count). The fourth-order valence-corrected chi connectivity index (χ4v) is 4.62. The molecule has 0 amide bonds. The molecule has 0 radical (unpaired) electrons. The van der Waals surface area contributed by atoms with E-state index in [0.29, 0.717) is 29.8 Å². The van der Waals surface area contributed by atoms with Crippen LogP contribution in [0.4, 0.5) is 0 Å². The third-order valence-electron chi connectivity index (χ3n) is 3.43. The van der Waals surface area contributed by atoms with Crippen molar-refractivity contribution in [2.24, 2.45) is 4.99 Å². The minimum absolute atomic E-state index is 0.217. The number of fused-ring (bicyclic) bond motifs is 1. The molecular weight excluding hydrogens is 445 g/mol. The van der Waals surface area contributed by atoms with E-state index in [1.807, 2.05) is 0 Å². The monoisotopic (exact) mass is 461 g/mol. The predicted molar refractivity (Wildman–Crippen MR) is 96.2 cm³/mol. The molecule has 9 heteroatoms. The Morgan fingerprint density at radius 2 is 2.04 bits per heavy atom. The number of nitrogens with one attached hydrogen (secondary N) is 1. The largest absolute Gasteiger partial charge is 0.476 e. The van der Waals surface area contributed by atoms with Crippen LogP contribution in [0.3, 0.4) is 0 Å². The van der Waals surface area contributed by atoms with Gasteiger partial charge in [-0.25, -0.2) is 17.4 Å². The molecule has 0 atom stereocenters. The molecule has 1 aromatic heterocycles. The smallest absolute Gasteiger partial charge is 0.269 e. The maximum Gasteiger partial charge on any atom is 0.269 e. The average molecular weight is 461 g/mol. The molecule has 2 heterocycles. The summed E-state index contributed by atoms with van der Waals surface area (Å²) in [6, 6.07) is 8.29. The van der Waals surface area contributed by atoms with Gasteiger partial charge in [-0.15, -0.1) is 0 Å². The molecule has 1 aromatic carbocycles. The van der Waals surface area contributed by atoms with Crippen LogP contribution < -0.4 is 16.0 Å². The molecular formula is C15H16IN3O4S. The van der Waals surface area contributed by atoms with Crippen LogP contribution in [-0.2, 0) is 19.5 Å². The second kappa shape index (κ2) is 7.11. The second-order valence-electron chi connectivity index (χ2n) is 4.95. The first-order valence-corrected chi connectivity index (χ1v) is 9.69. The molecule has 0 fully saturated rings. The number of hydrogen-bond donors (Lipinski definition) is 1. The molecule has 0 aliphatic carbocycles. The van der Waals surface area contributed by atoms with Gasteiger partial charge in [-0.1, -0.05) is 18.2 Å². The summed E-state index contributed by atoms with van der Waals surface area (Å²) in [4.78, 5) is 4.54. The first-order valence-electron chi connectivity index (χ1n) is 7.17. The number of aromatic nitrogens is 1. The van der Waals surface area contributed by atoms with Crippen molar-refractivity contribution in [2.45, 2.75) is 4.90 Å². The Morgan fingerprint density at radius 1 is 1.29 bits per heavy atom. The summed E-state index contributed by atoms with van der Waals surface area (Å²) < 4.78 is 38.4. The van der Waals surface area contributed by atoms with E-state index < -0.39 is 10.0 Å². The van der Waals surface area contributed by atoms with Gasteiger partial charge in [-0.05, 0) is 34.7 Å². The molecule has 0 bridgehead atoms. The molecule has 1 N–H and O–H groups in total. The number of hydrogen-bond acceptors (Lipinski definition) is 6. The van der Waals surface area contributed by atoms with Gasteiger partial charge in [0.2, 0.25) is 5.88 Å². The number of nitrogens with zero attached hydrogens (tertiary/aromatic N) is 2. The predicted octanol–water partition coefficient (Wildman–Crippen LogP) is 0.239. The van der Waals surface area contributed by atoms with Gasteiger partial charge in [0.05, 0.1) is 16.7 Å². The highest BCUT2D eigenvalue weighted by atomic mass is 127. The van der Waals surface area contributed by atoms with E-state index in [1.165, 1.54) is 3.97 Å². The van der Waals surface area contributed by atoms with E-state index in [1.54, 1.807) is 43.6 Å². The molecule has 7 nitrogen and oxygen atoms in total. The molecule has 0 unspecified atom stereocenters. The zero-order chi connectivity index (χ0) is 17.2. The zero-order valence-electron chi connectivity index (χ0n) is 12.9. The van der Waals surface area contributed by atoms with Gasteiger partial charge in [-0.3, -0.25) is 0 Å². The van der Waals surface area contributed by atoms with Gasteiger partial charge in [0.25, 0.3) is 10.0 Å². The third kappa shape index (κ3) is 3.15. The molecule has 2 aromatic rings. The Hall–Kier alpha value is -1.59. The summed E-state index contributed by atoms with van der Waals surface area (Å²) >= 11 is 2.08. The lowest BCUT2D eigenvalue weighted by Gasteiger charge is -2.14. The summed E-state index contributed by atoms with van der Waals surface area (Å²) in [6.07, 6.45) is 1.56. The van der Waals surface area contributed by atoms with Crippen molar-refractivity contribution >= 4 is 38.5 Å². The van der Waals surface area contributed by atoms with Crippen LogP contribution in [-0.4, -0.2) is 39.4 Å². The molecule has 24 heavy (non-hydrogen) atoms. The Balaban J connectivity index is 2.14. The summed E-state index contributed by atoms with van der Waals surface area (Å²) in [6.45, 7) is 1.06. The molecule has 1 aliphatic heterocycles. The van der Waals surface area contributed by atoms with Gasteiger partial charge in [-0.2, -0.15) is 0 Å². The van der Waals surface area contributed by atoms with Gasteiger partial charge >= 0.3 is 0 Å². The zero-order valence-corrected chi connectivity index (χ0v) is 15.9. The molecule has 0 saturated carbocycles. The van der Waals surface area contributed by atoms with Crippen molar-refractivity contribution in [1.82, 2.24) is 9.29 Å². The number of benzene rings is 1. The Bertz CT molecular complexity index is 955. The van der Waals surface area contributed by atoms with Gasteiger partial charge in [0.1, 0.15) is 13.3 Å². The average Bonchev–Trinajstić information content (AvgIpc) is 2.95. The SMILES string of the molecule is COCCOC1=c2c(I)cn(S(=O)(=O)c3ccccc3)c2=NCN1. The van der Waals surface area contributed by atoms with E-state index in [0.717, 1.165) is 3.57 Å². The summed E-state index contributed by atoms with van der Waals surface area (Å²) in [5.41, 5.74) is 0.370. The van der Waals surface area contributed by atoms with E-state index in [-0.39, 0.29) is 11.6 Å². The van der Waals surface area contributed by atoms with Crippen LogP contribution in [0.2, 0.25) is 0 Å². The minimum atomic E-state index is -3.71. The summed E-state index contributed by atoms with van der Waals surface area (Å²) in [5.74, 6) is 0.517. The van der Waals surface area contributed by atoms with Crippen molar-refractivity contribution in [3.8, 4) is 0 Å². The van der Waals surface area contributed by atoms with Crippen molar-refractivity contribution in [3.63, 3.8) is 0 Å². The first-order chi connectivity index (χ1) is 11.6. The normalized spacial score (nSPS) is 13.8. The molecule has 0 spiro atoms. The number of methoxy groups -OCH3 is 1. The Kier molecular flexibility index (Phi) is 5.11. The van der Waals surface area contributed by atoms with Gasteiger partial charge in [0.15, 0.2) is 5.49 Å². The van der Waals surface area contributed by atoms with E-state index >= 15 is 0 Å². The van der Waals surface area contributed by atoms with E-state index in [9.17, 15) is 8.42 Å². The van der Waals surface area contributed by atoms with Crippen LogP contribution in [0.5, 0.6) is 0 Å². The lowest BCUT2D eigenvalue weighted by molar-refractivity contribution is 0.126. The van der Waals surface area contributed by atoms with Crippen LogP contribution in [0.15, 0.2) is 46.4 Å². The molecule has 1 aliphatic rings. The van der Waals surface area contributed by atoms with Gasteiger partial charge < -0.3 is 14.8 Å². The summed E-state index contributed by atoms with van der Waals surface area (Å²) in [5, 5.41) is 3.69. The Labute approximate surface area is 153 Å². The second-order valence-corrected chi connectivity index (χ2v) is 7.93. The first kappa shape index (κ1) is 17.2. The maximum atomic E-state index is 12.9. The fraction of sp³-hybridized carbons (Fsp3) is 0.267. The third-order valence-corrected chi connectivity index (χ3v) is 5.91. The van der Waals surface area contributed by atoms with Crippen molar-refractivity contribution in [3.05, 3.63) is 50.8 Å². The molecule has 128 valence electrons. The van der Waals surface area contributed by atoms with Crippen molar-refractivity contribution in [1.29, 1.82) is 0 Å². The molecule has 0 saturated heterocycles. The maximum absolute atomic E-state index is 12.9. The standard InChI is InChI=1S/C15H16IN3O4S/c1-22-7-8-23-15-13-12(16)9-19(14(13)17-10-18-15)24(20,21)11-5-3-2-4-6-11/h2-6,9,18H,7-8,10H2,1H3. The van der Waals surface area contributed by atoms with Gasteiger partial charge in [0, 0.05) is 16.9 Å². The lowest BCUT2D eigenvalue weighted by atomic mass is 10.4. The van der Waals surface area contributed by atoms with Crippen LogP contribution >= 0.6 is 22.6 Å². The van der Waals surface area contributed by atoms with Crippen molar-refractivity contribution in [2.75, 3.05) is 27.0 Å². The highest BCUT2D eigenvalue weighted by Crippen LogP contribution is 2.12. The quantitative estimate of drug-likeness (QED) is 0.493. The van der Waals surface area contributed by atoms with Crippen LogP contribution in [0, 0.1) is 3.57 Å². The number of rotatable bonds is 6. The minimum Gasteiger partial charge on any atom is -0.476 e. The van der Waals surface area contributed by atoms with Crippen LogP contribution in [0.1, 0.15) is 0 Å². The lowest BCUT2D eigenvalue weighted by Crippen LogP contribution is -2.43. The van der Waals surface area contributed by atoms with E-state index in [2.05, 4.69) is 32.9 Å². The highest BCUT2D eigenvalue weighted by molar-refractivity contribution is 14.1. The van der Waals surface area contributed by atoms with E-state index in [4.69, 9.17) is 9.47 Å². The fourth-order valence-electron chi connectivity index (χ4n) is 2.32. The topological polar surface area (TPSA) is 81.9 Å². The highest BCUT2D eigenvalue weighted by Gasteiger charge is 2.23. The Morgan fingerprint density at radius 3 is 2.75 bits per heavy atom. The number of ether oxygens (including phenoxy) is 2. The number of halogens is 1. The summed E-state index contributed by atoms with van der Waals surface area (Å²) in [7, 11) is -2.12. The van der Waals surface area contributed by atoms with Crippen LogP contribution in [0.25, 0.3) is 5.88 Å². The van der Waals surface area contributed by atoms with Crippen molar-refractivity contribution < 1.29 is 17.9 Å².